The highest BCUT2D eigenvalue weighted by molar-refractivity contribution is 9.08. The van der Waals surface area contributed by atoms with Gasteiger partial charge in [0.2, 0.25) is 0 Å². The van der Waals surface area contributed by atoms with E-state index in [0.717, 1.165) is 11.0 Å². The van der Waals surface area contributed by atoms with Gasteiger partial charge in [0.1, 0.15) is 0 Å². The molecule has 1 aromatic heterocycles. The second-order valence-corrected chi connectivity index (χ2v) is 5.03. The Labute approximate surface area is 111 Å². The standard InChI is InChI=1S/C14H17BrN2/c1-9-5-6-14(13(7-9)8-15)17-12(4)10(2)11(3)16-17/h5-7H,8H2,1-4H3. The van der Waals surface area contributed by atoms with Crippen LogP contribution >= 0.6 is 15.9 Å². The summed E-state index contributed by atoms with van der Waals surface area (Å²) in [6, 6.07) is 6.48. The first-order valence-corrected chi connectivity index (χ1v) is 6.85. The van der Waals surface area contributed by atoms with Gasteiger partial charge in [0.05, 0.1) is 11.4 Å². The Kier molecular flexibility index (Phi) is 3.38. The number of hydrogen-bond acceptors (Lipinski definition) is 1. The van der Waals surface area contributed by atoms with E-state index in [4.69, 9.17) is 0 Å². The van der Waals surface area contributed by atoms with Gasteiger partial charge in [-0.15, -0.1) is 0 Å². The van der Waals surface area contributed by atoms with Crippen molar-refractivity contribution >= 4 is 15.9 Å². The molecule has 90 valence electrons. The summed E-state index contributed by atoms with van der Waals surface area (Å²) >= 11 is 3.55. The molecule has 2 aromatic rings. The van der Waals surface area contributed by atoms with E-state index in [-0.39, 0.29) is 0 Å². The van der Waals surface area contributed by atoms with Gasteiger partial charge < -0.3 is 0 Å². The molecule has 0 atom stereocenters. The molecule has 0 aliphatic carbocycles. The number of halogens is 1. The lowest BCUT2D eigenvalue weighted by Crippen LogP contribution is -2.03. The zero-order valence-corrected chi connectivity index (χ0v) is 12.3. The minimum Gasteiger partial charge on any atom is -0.237 e. The Balaban J connectivity index is 2.64. The van der Waals surface area contributed by atoms with E-state index in [1.165, 1.54) is 28.1 Å². The first-order valence-electron chi connectivity index (χ1n) is 5.73. The molecule has 1 heterocycles. The van der Waals surface area contributed by atoms with E-state index >= 15 is 0 Å². The molecule has 0 saturated carbocycles. The highest BCUT2D eigenvalue weighted by atomic mass is 79.9. The molecule has 0 N–H and O–H groups in total. The van der Waals surface area contributed by atoms with Crippen LogP contribution in [0.5, 0.6) is 0 Å². The Morgan fingerprint density at radius 2 is 1.88 bits per heavy atom. The van der Waals surface area contributed by atoms with Gasteiger partial charge in [-0.05, 0) is 44.9 Å². The molecule has 0 radical (unpaired) electrons. The van der Waals surface area contributed by atoms with E-state index in [9.17, 15) is 0 Å². The van der Waals surface area contributed by atoms with Crippen molar-refractivity contribution in [1.29, 1.82) is 0 Å². The highest BCUT2D eigenvalue weighted by Gasteiger charge is 2.11. The highest BCUT2D eigenvalue weighted by Crippen LogP contribution is 2.22. The summed E-state index contributed by atoms with van der Waals surface area (Å²) in [5.74, 6) is 0. The molecule has 2 nitrogen and oxygen atoms in total. The molecule has 0 fully saturated rings. The summed E-state index contributed by atoms with van der Waals surface area (Å²) in [6.45, 7) is 8.41. The van der Waals surface area contributed by atoms with Crippen LogP contribution < -0.4 is 0 Å². The van der Waals surface area contributed by atoms with Crippen LogP contribution in [0.25, 0.3) is 5.69 Å². The van der Waals surface area contributed by atoms with Crippen LogP contribution in [-0.2, 0) is 5.33 Å². The normalized spacial score (nSPS) is 10.9. The average molecular weight is 293 g/mol. The summed E-state index contributed by atoms with van der Waals surface area (Å²) in [7, 11) is 0. The van der Waals surface area contributed by atoms with Gasteiger partial charge >= 0.3 is 0 Å². The molecule has 0 amide bonds. The minimum absolute atomic E-state index is 0.849. The predicted octanol–water partition coefficient (Wildman–Crippen LogP) is 4.00. The summed E-state index contributed by atoms with van der Waals surface area (Å²) in [6.07, 6.45) is 0. The van der Waals surface area contributed by atoms with Crippen LogP contribution in [0.2, 0.25) is 0 Å². The smallest absolute Gasteiger partial charge is 0.0689 e. The fourth-order valence-electron chi connectivity index (χ4n) is 1.98. The van der Waals surface area contributed by atoms with E-state index < -0.39 is 0 Å². The molecule has 3 heteroatoms. The Morgan fingerprint density at radius 1 is 1.18 bits per heavy atom. The van der Waals surface area contributed by atoms with Crippen molar-refractivity contribution in [2.75, 3.05) is 0 Å². The van der Waals surface area contributed by atoms with Crippen LogP contribution in [0.4, 0.5) is 0 Å². The Hall–Kier alpha value is -1.09. The fraction of sp³-hybridized carbons (Fsp3) is 0.357. The van der Waals surface area contributed by atoms with Crippen molar-refractivity contribution in [3.8, 4) is 5.69 Å². The number of hydrogen-bond donors (Lipinski definition) is 0. The summed E-state index contributed by atoms with van der Waals surface area (Å²) < 4.78 is 2.04. The van der Waals surface area contributed by atoms with Crippen LogP contribution in [0.3, 0.4) is 0 Å². The SMILES string of the molecule is Cc1ccc(-n2nc(C)c(C)c2C)c(CBr)c1. The third kappa shape index (κ3) is 2.16. The molecule has 0 bridgehead atoms. The topological polar surface area (TPSA) is 17.8 Å². The van der Waals surface area contributed by atoms with Crippen LogP contribution in [0.1, 0.15) is 28.1 Å². The van der Waals surface area contributed by atoms with Gasteiger partial charge in [-0.3, -0.25) is 0 Å². The maximum absolute atomic E-state index is 4.61. The number of aryl methyl sites for hydroxylation is 2. The van der Waals surface area contributed by atoms with Crippen LogP contribution in [0.15, 0.2) is 18.2 Å². The molecule has 0 spiro atoms. The average Bonchev–Trinajstić information content (AvgIpc) is 2.57. The lowest BCUT2D eigenvalue weighted by molar-refractivity contribution is 0.826. The fourth-order valence-corrected chi connectivity index (χ4v) is 2.43. The number of alkyl halides is 1. The molecular weight excluding hydrogens is 276 g/mol. The van der Waals surface area contributed by atoms with E-state index in [1.54, 1.807) is 0 Å². The van der Waals surface area contributed by atoms with Gasteiger partial charge in [-0.1, -0.05) is 33.6 Å². The maximum atomic E-state index is 4.61. The molecule has 0 aliphatic heterocycles. The van der Waals surface area contributed by atoms with Crippen molar-refractivity contribution in [2.24, 2.45) is 0 Å². The second-order valence-electron chi connectivity index (χ2n) is 4.47. The maximum Gasteiger partial charge on any atom is 0.0689 e. The molecule has 0 aliphatic rings. The molecular formula is C14H17BrN2. The van der Waals surface area contributed by atoms with Crippen LogP contribution in [-0.4, -0.2) is 9.78 Å². The Morgan fingerprint density at radius 3 is 2.41 bits per heavy atom. The molecule has 2 rings (SSSR count). The number of rotatable bonds is 2. The summed E-state index contributed by atoms with van der Waals surface area (Å²) in [5, 5.41) is 5.46. The molecule has 17 heavy (non-hydrogen) atoms. The Bertz CT molecular complexity index is 556. The number of benzene rings is 1. The van der Waals surface area contributed by atoms with Crippen LogP contribution in [0, 0.1) is 27.7 Å². The van der Waals surface area contributed by atoms with Crippen molar-refractivity contribution in [3.05, 3.63) is 46.3 Å². The van der Waals surface area contributed by atoms with E-state index in [2.05, 4.69) is 66.9 Å². The van der Waals surface area contributed by atoms with Crippen molar-refractivity contribution in [2.45, 2.75) is 33.0 Å². The van der Waals surface area contributed by atoms with E-state index in [0.29, 0.717) is 0 Å². The first-order chi connectivity index (χ1) is 8.04. The summed E-state index contributed by atoms with van der Waals surface area (Å²) in [4.78, 5) is 0. The van der Waals surface area contributed by atoms with Crippen molar-refractivity contribution in [1.82, 2.24) is 9.78 Å². The molecule has 0 unspecified atom stereocenters. The zero-order valence-electron chi connectivity index (χ0n) is 10.7. The van der Waals surface area contributed by atoms with Gasteiger partial charge in [-0.25, -0.2) is 4.68 Å². The van der Waals surface area contributed by atoms with Gasteiger partial charge in [-0.2, -0.15) is 5.10 Å². The zero-order chi connectivity index (χ0) is 12.6. The number of nitrogens with zero attached hydrogens (tertiary/aromatic N) is 2. The van der Waals surface area contributed by atoms with E-state index in [1.807, 2.05) is 4.68 Å². The van der Waals surface area contributed by atoms with Gasteiger partial charge in [0, 0.05) is 11.0 Å². The minimum atomic E-state index is 0.849. The largest absolute Gasteiger partial charge is 0.237 e. The quantitative estimate of drug-likeness (QED) is 0.765. The number of aromatic nitrogens is 2. The third-order valence-corrected chi connectivity index (χ3v) is 3.86. The van der Waals surface area contributed by atoms with Crippen molar-refractivity contribution in [3.63, 3.8) is 0 Å². The summed E-state index contributed by atoms with van der Waals surface area (Å²) in [5.41, 5.74) is 7.31. The second kappa shape index (κ2) is 4.65. The van der Waals surface area contributed by atoms with Gasteiger partial charge in [0.15, 0.2) is 0 Å². The lowest BCUT2D eigenvalue weighted by Gasteiger charge is -2.10. The predicted molar refractivity (Wildman–Crippen MR) is 75.1 cm³/mol. The molecule has 0 saturated heterocycles. The van der Waals surface area contributed by atoms with Gasteiger partial charge in [0.25, 0.3) is 0 Å². The van der Waals surface area contributed by atoms with Crippen molar-refractivity contribution < 1.29 is 0 Å². The first kappa shape index (κ1) is 12.4. The lowest BCUT2D eigenvalue weighted by atomic mass is 10.1. The third-order valence-electron chi connectivity index (χ3n) is 3.26. The monoisotopic (exact) mass is 292 g/mol. The molecule has 1 aromatic carbocycles.